The molecule has 0 spiro atoms. The first-order valence-electron chi connectivity index (χ1n) is 6.98. The van der Waals surface area contributed by atoms with Crippen LogP contribution in [0.5, 0.6) is 0 Å². The van der Waals surface area contributed by atoms with Crippen molar-refractivity contribution < 1.29 is 5.11 Å². The van der Waals surface area contributed by atoms with Crippen LogP contribution in [0.25, 0.3) is 0 Å². The smallest absolute Gasteiger partial charge is 0.0446 e. The van der Waals surface area contributed by atoms with Crippen LogP contribution in [-0.2, 0) is 0 Å². The number of aryl methyl sites for hydroxylation is 1. The molecule has 1 aromatic rings. The molecule has 2 rings (SSSR count). The van der Waals surface area contributed by atoms with Gasteiger partial charge in [-0.2, -0.15) is 0 Å². The lowest BCUT2D eigenvalue weighted by atomic mass is 10.1. The second kappa shape index (κ2) is 6.73. The Bertz CT molecular complexity index is 425. The number of aliphatic hydroxyl groups excluding tert-OH is 1. The molecular weight excluding hydrogens is 304 g/mol. The van der Waals surface area contributed by atoms with Crippen molar-refractivity contribution in [2.75, 3.05) is 24.6 Å². The van der Waals surface area contributed by atoms with Crippen LogP contribution in [0.4, 0.5) is 5.69 Å². The van der Waals surface area contributed by atoms with E-state index >= 15 is 0 Å². The second-order valence-electron chi connectivity index (χ2n) is 5.45. The number of benzene rings is 1. The highest BCUT2D eigenvalue weighted by molar-refractivity contribution is 9.10. The molecule has 2 N–H and O–H groups in total. The summed E-state index contributed by atoms with van der Waals surface area (Å²) in [6, 6.07) is 7.40. The van der Waals surface area contributed by atoms with Crippen molar-refractivity contribution in [3.8, 4) is 0 Å². The van der Waals surface area contributed by atoms with Crippen LogP contribution >= 0.6 is 15.9 Å². The standard InChI is InChI=1S/C15H23BrN2O/c1-11-9-14(3-4-15(11)16)18-7-5-12(2)17-13(10-18)6-8-19/h3-4,9,12-13,17,19H,5-8,10H2,1-2H3. The summed E-state index contributed by atoms with van der Waals surface area (Å²) >= 11 is 3.55. The lowest BCUT2D eigenvalue weighted by molar-refractivity contribution is 0.263. The Labute approximate surface area is 124 Å². The molecule has 0 aliphatic carbocycles. The van der Waals surface area contributed by atoms with Crippen LogP contribution in [0.2, 0.25) is 0 Å². The van der Waals surface area contributed by atoms with Gasteiger partial charge in [-0.1, -0.05) is 15.9 Å². The molecule has 1 aliphatic rings. The molecule has 1 fully saturated rings. The molecule has 0 aromatic heterocycles. The molecule has 19 heavy (non-hydrogen) atoms. The normalized spacial score (nSPS) is 24.3. The molecule has 1 aliphatic heterocycles. The molecule has 3 nitrogen and oxygen atoms in total. The van der Waals surface area contributed by atoms with Crippen LogP contribution in [0.1, 0.15) is 25.3 Å². The highest BCUT2D eigenvalue weighted by Gasteiger charge is 2.21. The van der Waals surface area contributed by atoms with Crippen LogP contribution in [0.3, 0.4) is 0 Å². The fraction of sp³-hybridized carbons (Fsp3) is 0.600. The highest BCUT2D eigenvalue weighted by atomic mass is 79.9. The summed E-state index contributed by atoms with van der Waals surface area (Å²) in [4.78, 5) is 2.43. The maximum atomic E-state index is 9.17. The second-order valence-corrected chi connectivity index (χ2v) is 6.30. The summed E-state index contributed by atoms with van der Waals surface area (Å²) in [5.41, 5.74) is 2.54. The SMILES string of the molecule is Cc1cc(N2CCC(C)NC(CCO)C2)ccc1Br. The summed E-state index contributed by atoms with van der Waals surface area (Å²) < 4.78 is 1.16. The van der Waals surface area contributed by atoms with Gasteiger partial charge in [0.15, 0.2) is 0 Å². The molecule has 0 bridgehead atoms. The Morgan fingerprint density at radius 3 is 2.95 bits per heavy atom. The Morgan fingerprint density at radius 1 is 1.47 bits per heavy atom. The molecular formula is C15H23BrN2O. The Kier molecular flexibility index (Phi) is 5.25. The van der Waals surface area contributed by atoms with Crippen molar-refractivity contribution in [1.82, 2.24) is 5.32 Å². The number of halogens is 1. The molecule has 0 saturated carbocycles. The van der Waals surface area contributed by atoms with Crippen molar-refractivity contribution in [3.05, 3.63) is 28.2 Å². The van der Waals surface area contributed by atoms with E-state index in [1.54, 1.807) is 0 Å². The quantitative estimate of drug-likeness (QED) is 0.896. The highest BCUT2D eigenvalue weighted by Crippen LogP contribution is 2.24. The number of nitrogens with zero attached hydrogens (tertiary/aromatic N) is 1. The van der Waals surface area contributed by atoms with E-state index in [0.29, 0.717) is 12.1 Å². The van der Waals surface area contributed by atoms with Gasteiger partial charge in [-0.3, -0.25) is 0 Å². The largest absolute Gasteiger partial charge is 0.396 e. The molecule has 1 heterocycles. The first kappa shape index (κ1) is 14.8. The lowest BCUT2D eigenvalue weighted by Gasteiger charge is -2.26. The van der Waals surface area contributed by atoms with E-state index < -0.39 is 0 Å². The number of hydrogen-bond acceptors (Lipinski definition) is 3. The number of rotatable bonds is 3. The van der Waals surface area contributed by atoms with Crippen molar-refractivity contribution in [2.45, 2.75) is 38.8 Å². The molecule has 1 aromatic carbocycles. The van der Waals surface area contributed by atoms with E-state index in [9.17, 15) is 0 Å². The minimum Gasteiger partial charge on any atom is -0.396 e. The molecule has 0 amide bonds. The van der Waals surface area contributed by atoms with Crippen molar-refractivity contribution >= 4 is 21.6 Å². The van der Waals surface area contributed by atoms with Gasteiger partial charge in [0.05, 0.1) is 0 Å². The van der Waals surface area contributed by atoms with Crippen molar-refractivity contribution in [3.63, 3.8) is 0 Å². The van der Waals surface area contributed by atoms with Crippen LogP contribution in [0, 0.1) is 6.92 Å². The number of anilines is 1. The summed E-state index contributed by atoms with van der Waals surface area (Å²) in [6.07, 6.45) is 1.95. The van der Waals surface area contributed by atoms with Gasteiger partial charge >= 0.3 is 0 Å². The number of hydrogen-bond donors (Lipinski definition) is 2. The lowest BCUT2D eigenvalue weighted by Crippen LogP contribution is -2.40. The molecule has 0 radical (unpaired) electrons. The fourth-order valence-electron chi connectivity index (χ4n) is 2.64. The van der Waals surface area contributed by atoms with Crippen LogP contribution in [0.15, 0.2) is 22.7 Å². The third-order valence-electron chi connectivity index (χ3n) is 3.78. The van der Waals surface area contributed by atoms with Crippen LogP contribution in [-0.4, -0.2) is 36.9 Å². The Morgan fingerprint density at radius 2 is 2.26 bits per heavy atom. The minimum absolute atomic E-state index is 0.248. The minimum atomic E-state index is 0.248. The predicted octanol–water partition coefficient (Wildman–Crippen LogP) is 2.70. The Hall–Kier alpha value is -0.580. The molecule has 4 heteroatoms. The van der Waals surface area contributed by atoms with Gasteiger partial charge in [0.2, 0.25) is 0 Å². The summed E-state index contributed by atoms with van der Waals surface area (Å²) in [5, 5.41) is 12.8. The van der Waals surface area contributed by atoms with E-state index in [-0.39, 0.29) is 6.61 Å². The predicted molar refractivity (Wildman–Crippen MR) is 83.8 cm³/mol. The first-order valence-corrected chi connectivity index (χ1v) is 7.77. The molecule has 2 atom stereocenters. The number of nitrogens with one attached hydrogen (secondary N) is 1. The summed E-state index contributed by atoms with van der Waals surface area (Å²) in [5.74, 6) is 0. The van der Waals surface area contributed by atoms with E-state index in [1.165, 1.54) is 11.3 Å². The molecule has 106 valence electrons. The van der Waals surface area contributed by atoms with Gasteiger partial charge in [0.1, 0.15) is 0 Å². The fourth-order valence-corrected chi connectivity index (χ4v) is 2.88. The summed E-state index contributed by atoms with van der Waals surface area (Å²) in [6.45, 7) is 6.62. The van der Waals surface area contributed by atoms with Crippen molar-refractivity contribution in [1.29, 1.82) is 0 Å². The van der Waals surface area contributed by atoms with E-state index in [1.807, 2.05) is 0 Å². The van der Waals surface area contributed by atoms with Crippen LogP contribution < -0.4 is 10.2 Å². The monoisotopic (exact) mass is 326 g/mol. The third kappa shape index (κ3) is 3.94. The maximum absolute atomic E-state index is 9.17. The van der Waals surface area contributed by atoms with Gasteiger partial charge in [0, 0.05) is 41.9 Å². The molecule has 2 unspecified atom stereocenters. The molecule has 1 saturated heterocycles. The average molecular weight is 327 g/mol. The Balaban J connectivity index is 2.15. The number of aliphatic hydroxyl groups is 1. The zero-order chi connectivity index (χ0) is 13.8. The van der Waals surface area contributed by atoms with E-state index in [4.69, 9.17) is 5.11 Å². The zero-order valence-electron chi connectivity index (χ0n) is 11.7. The third-order valence-corrected chi connectivity index (χ3v) is 4.67. The first-order chi connectivity index (χ1) is 9.10. The van der Waals surface area contributed by atoms with Gasteiger partial charge in [0.25, 0.3) is 0 Å². The van der Waals surface area contributed by atoms with Gasteiger partial charge in [-0.25, -0.2) is 0 Å². The van der Waals surface area contributed by atoms with Crippen molar-refractivity contribution in [2.24, 2.45) is 0 Å². The van der Waals surface area contributed by atoms with Gasteiger partial charge in [-0.15, -0.1) is 0 Å². The van der Waals surface area contributed by atoms with E-state index in [2.05, 4.69) is 58.2 Å². The van der Waals surface area contributed by atoms with Gasteiger partial charge < -0.3 is 15.3 Å². The average Bonchev–Trinajstić information content (AvgIpc) is 2.55. The van der Waals surface area contributed by atoms with E-state index in [0.717, 1.165) is 30.4 Å². The van der Waals surface area contributed by atoms with Gasteiger partial charge in [-0.05, 0) is 50.5 Å². The maximum Gasteiger partial charge on any atom is 0.0446 e. The summed E-state index contributed by atoms with van der Waals surface area (Å²) in [7, 11) is 0. The topological polar surface area (TPSA) is 35.5 Å². The zero-order valence-corrected chi connectivity index (χ0v) is 13.3.